The first kappa shape index (κ1) is 13.8. The summed E-state index contributed by atoms with van der Waals surface area (Å²) >= 11 is 0. The van der Waals surface area contributed by atoms with E-state index in [0.29, 0.717) is 0 Å². The lowest BCUT2D eigenvalue weighted by Crippen LogP contribution is -2.46. The van der Waals surface area contributed by atoms with Gasteiger partial charge in [-0.2, -0.15) is 13.2 Å². The molecule has 0 saturated heterocycles. The van der Waals surface area contributed by atoms with Crippen molar-refractivity contribution >= 4 is 5.91 Å². The molecule has 1 amide bonds. The number of carbonyl (C=O) groups excluding carboxylic acids is 1. The van der Waals surface area contributed by atoms with Crippen LogP contribution in [0.4, 0.5) is 13.2 Å². The molecule has 0 aromatic rings. The third-order valence-electron chi connectivity index (χ3n) is 1.54. The molecule has 6 heteroatoms. The fraction of sp³-hybridized carbons (Fsp3) is 0.667. The molecule has 0 aliphatic heterocycles. The monoisotopic (exact) mass is 222 g/mol. The molecule has 0 aromatic carbocycles. The van der Waals surface area contributed by atoms with Crippen LogP contribution in [0.2, 0.25) is 0 Å². The van der Waals surface area contributed by atoms with E-state index < -0.39 is 24.2 Å². The highest BCUT2D eigenvalue weighted by atomic mass is 19.4. The maximum Gasteiger partial charge on any atom is 0.405 e. The molecule has 0 atom stereocenters. The Morgan fingerprint density at radius 2 is 1.93 bits per heavy atom. The topological polar surface area (TPSA) is 41.1 Å². The van der Waals surface area contributed by atoms with Crippen molar-refractivity contribution in [2.24, 2.45) is 0 Å². The second kappa shape index (κ2) is 5.03. The van der Waals surface area contributed by atoms with Gasteiger partial charge >= 0.3 is 6.18 Å². The van der Waals surface area contributed by atoms with Crippen molar-refractivity contribution in [2.45, 2.75) is 25.6 Å². The van der Waals surface area contributed by atoms with E-state index in [0.717, 1.165) is 0 Å². The van der Waals surface area contributed by atoms with E-state index in [2.05, 4.69) is 11.2 Å². The van der Waals surface area contributed by atoms with Crippen LogP contribution >= 0.6 is 0 Å². The van der Waals surface area contributed by atoms with Gasteiger partial charge in [0, 0.05) is 0 Å². The van der Waals surface area contributed by atoms with E-state index in [9.17, 15) is 18.0 Å². The van der Waals surface area contributed by atoms with Crippen molar-refractivity contribution in [2.75, 3.05) is 13.1 Å². The maximum absolute atomic E-state index is 11.7. The number of terminal acetylenes is 1. The normalized spacial score (nSPS) is 12.0. The minimum absolute atomic E-state index is 0.243. The fourth-order valence-corrected chi connectivity index (χ4v) is 0.614. The molecule has 0 heterocycles. The van der Waals surface area contributed by atoms with Gasteiger partial charge in [-0.05, 0) is 13.8 Å². The lowest BCUT2D eigenvalue weighted by Gasteiger charge is -2.19. The summed E-state index contributed by atoms with van der Waals surface area (Å²) in [5.74, 6) is 1.62. The van der Waals surface area contributed by atoms with Crippen LogP contribution < -0.4 is 10.6 Å². The molecular weight excluding hydrogens is 209 g/mol. The predicted octanol–water partition coefficient (Wildman–Crippen LogP) is 0.666. The van der Waals surface area contributed by atoms with Gasteiger partial charge in [-0.1, -0.05) is 5.92 Å². The molecular formula is C9H13F3N2O. The molecule has 0 unspecified atom stereocenters. The number of hydrogen-bond acceptors (Lipinski definition) is 2. The molecule has 2 N–H and O–H groups in total. The van der Waals surface area contributed by atoms with Crippen LogP contribution in [0.25, 0.3) is 0 Å². The Hall–Kier alpha value is -1.22. The van der Waals surface area contributed by atoms with Gasteiger partial charge in [-0.25, -0.2) is 0 Å². The summed E-state index contributed by atoms with van der Waals surface area (Å²) in [6.07, 6.45) is 0.720. The summed E-state index contributed by atoms with van der Waals surface area (Å²) in [6, 6.07) is 0. The van der Waals surface area contributed by atoms with E-state index in [-0.39, 0.29) is 6.54 Å². The summed E-state index contributed by atoms with van der Waals surface area (Å²) in [6.45, 7) is 1.71. The third-order valence-corrected chi connectivity index (χ3v) is 1.54. The van der Waals surface area contributed by atoms with Crippen LogP contribution in [0.5, 0.6) is 0 Å². The zero-order chi connectivity index (χ0) is 12.1. The SMILES string of the molecule is C#CC(C)(C)NCC(=O)NCC(F)(F)F. The summed E-state index contributed by atoms with van der Waals surface area (Å²) in [5.41, 5.74) is -0.713. The number of nitrogens with one attached hydrogen (secondary N) is 2. The molecule has 3 nitrogen and oxygen atoms in total. The first-order valence-corrected chi connectivity index (χ1v) is 4.22. The van der Waals surface area contributed by atoms with Gasteiger partial charge in [0.05, 0.1) is 12.1 Å². The van der Waals surface area contributed by atoms with Crippen LogP contribution in [0.1, 0.15) is 13.8 Å². The Bertz CT molecular complexity index is 266. The summed E-state index contributed by atoms with van der Waals surface area (Å²) < 4.78 is 35.1. The molecule has 0 fully saturated rings. The lowest BCUT2D eigenvalue weighted by atomic mass is 10.1. The largest absolute Gasteiger partial charge is 0.405 e. The average molecular weight is 222 g/mol. The van der Waals surface area contributed by atoms with E-state index >= 15 is 0 Å². The number of alkyl halides is 3. The van der Waals surface area contributed by atoms with E-state index in [1.165, 1.54) is 0 Å². The number of carbonyl (C=O) groups is 1. The second-order valence-corrected chi connectivity index (χ2v) is 3.51. The van der Waals surface area contributed by atoms with E-state index in [4.69, 9.17) is 6.42 Å². The molecule has 0 radical (unpaired) electrons. The molecule has 0 bridgehead atoms. The van der Waals surface area contributed by atoms with Gasteiger partial charge < -0.3 is 5.32 Å². The maximum atomic E-state index is 11.7. The number of rotatable bonds is 4. The second-order valence-electron chi connectivity index (χ2n) is 3.51. The Balaban J connectivity index is 3.83. The Kier molecular flexibility index (Phi) is 4.62. The van der Waals surface area contributed by atoms with Crippen molar-refractivity contribution in [1.82, 2.24) is 10.6 Å². The van der Waals surface area contributed by atoms with Crippen molar-refractivity contribution in [3.8, 4) is 12.3 Å². The van der Waals surface area contributed by atoms with Crippen LogP contribution in [-0.2, 0) is 4.79 Å². The zero-order valence-electron chi connectivity index (χ0n) is 8.53. The molecule has 0 saturated carbocycles. The van der Waals surface area contributed by atoms with Crippen LogP contribution in [-0.4, -0.2) is 30.7 Å². The molecule has 15 heavy (non-hydrogen) atoms. The highest BCUT2D eigenvalue weighted by Crippen LogP contribution is 2.11. The highest BCUT2D eigenvalue weighted by molar-refractivity contribution is 5.78. The van der Waals surface area contributed by atoms with Gasteiger partial charge in [0.1, 0.15) is 6.54 Å². The van der Waals surface area contributed by atoms with E-state index in [1.54, 1.807) is 19.2 Å². The minimum Gasteiger partial charge on any atom is -0.346 e. The van der Waals surface area contributed by atoms with Crippen molar-refractivity contribution in [3.63, 3.8) is 0 Å². The predicted molar refractivity (Wildman–Crippen MR) is 50.0 cm³/mol. The van der Waals surface area contributed by atoms with Gasteiger partial charge in [0.2, 0.25) is 5.91 Å². The zero-order valence-corrected chi connectivity index (χ0v) is 8.53. The molecule has 0 spiro atoms. The van der Waals surface area contributed by atoms with Gasteiger partial charge in [-0.15, -0.1) is 6.42 Å². The molecule has 0 aromatic heterocycles. The average Bonchev–Trinajstić information content (AvgIpc) is 2.10. The molecule has 0 rings (SSSR count). The fourth-order valence-electron chi connectivity index (χ4n) is 0.614. The smallest absolute Gasteiger partial charge is 0.346 e. The quantitative estimate of drug-likeness (QED) is 0.686. The minimum atomic E-state index is -4.39. The third kappa shape index (κ3) is 7.82. The first-order chi connectivity index (χ1) is 6.66. The Morgan fingerprint density at radius 3 is 2.33 bits per heavy atom. The summed E-state index contributed by atoms with van der Waals surface area (Å²) in [7, 11) is 0. The van der Waals surface area contributed by atoms with Crippen LogP contribution in [0.15, 0.2) is 0 Å². The standard InChI is InChI=1S/C9H13F3N2O/c1-4-8(2,3)14-5-7(15)13-6-9(10,11)12/h1,14H,5-6H2,2-3H3,(H,13,15). The van der Waals surface area contributed by atoms with Crippen molar-refractivity contribution < 1.29 is 18.0 Å². The Labute approximate surface area is 86.4 Å². The Morgan fingerprint density at radius 1 is 1.40 bits per heavy atom. The number of amides is 1. The molecule has 86 valence electrons. The van der Waals surface area contributed by atoms with Crippen molar-refractivity contribution in [3.05, 3.63) is 0 Å². The van der Waals surface area contributed by atoms with Gasteiger partial charge in [-0.3, -0.25) is 10.1 Å². The van der Waals surface area contributed by atoms with Crippen LogP contribution in [0, 0.1) is 12.3 Å². The molecule has 0 aliphatic carbocycles. The van der Waals surface area contributed by atoms with Gasteiger partial charge in [0.25, 0.3) is 0 Å². The van der Waals surface area contributed by atoms with E-state index in [1.807, 2.05) is 0 Å². The summed E-state index contributed by atoms with van der Waals surface area (Å²) in [5, 5.41) is 4.35. The highest BCUT2D eigenvalue weighted by Gasteiger charge is 2.27. The number of halogens is 3. The lowest BCUT2D eigenvalue weighted by molar-refractivity contribution is -0.138. The van der Waals surface area contributed by atoms with Crippen LogP contribution in [0.3, 0.4) is 0 Å². The van der Waals surface area contributed by atoms with Gasteiger partial charge in [0.15, 0.2) is 0 Å². The first-order valence-electron chi connectivity index (χ1n) is 4.22. The number of hydrogen-bond donors (Lipinski definition) is 2. The summed E-state index contributed by atoms with van der Waals surface area (Å²) in [4.78, 5) is 10.9. The van der Waals surface area contributed by atoms with Crippen molar-refractivity contribution in [1.29, 1.82) is 0 Å². The molecule has 0 aliphatic rings.